The zero-order valence-electron chi connectivity index (χ0n) is 11.6. The second kappa shape index (κ2) is 5.99. The third-order valence-electron chi connectivity index (χ3n) is 4.19. The molecule has 0 amide bonds. The standard InChI is InChI=1S/C13H25N3O2/c1-3-18-12(17)13(4-8-15(2)9-5-13)16-10-6-14-7-11-16/h14H,3-11H2,1-2H3. The highest BCUT2D eigenvalue weighted by molar-refractivity contribution is 5.81. The minimum Gasteiger partial charge on any atom is -0.465 e. The Morgan fingerprint density at radius 2 is 1.83 bits per heavy atom. The lowest BCUT2D eigenvalue weighted by Gasteiger charge is -2.47. The van der Waals surface area contributed by atoms with Gasteiger partial charge in [-0.05, 0) is 26.8 Å². The molecule has 5 heteroatoms. The second-order valence-corrected chi connectivity index (χ2v) is 5.29. The maximum absolute atomic E-state index is 12.4. The maximum atomic E-state index is 12.4. The molecule has 2 aliphatic rings. The van der Waals surface area contributed by atoms with Crippen molar-refractivity contribution in [2.75, 3.05) is 52.9 Å². The average Bonchev–Trinajstić information content (AvgIpc) is 2.41. The lowest BCUT2D eigenvalue weighted by molar-refractivity contribution is -0.162. The molecule has 104 valence electrons. The van der Waals surface area contributed by atoms with Gasteiger partial charge < -0.3 is 15.0 Å². The van der Waals surface area contributed by atoms with E-state index in [1.165, 1.54) is 0 Å². The fourth-order valence-corrected chi connectivity index (χ4v) is 3.00. The molecule has 0 spiro atoms. The SMILES string of the molecule is CCOC(=O)C1(N2CCNCC2)CCN(C)CC1. The number of carbonyl (C=O) groups excluding carboxylic acids is 1. The van der Waals surface area contributed by atoms with Crippen molar-refractivity contribution in [3.05, 3.63) is 0 Å². The summed E-state index contributed by atoms with van der Waals surface area (Å²) in [6, 6.07) is 0. The van der Waals surface area contributed by atoms with Crippen LogP contribution in [-0.4, -0.2) is 74.2 Å². The number of likely N-dealkylation sites (tertiary alicyclic amines) is 1. The van der Waals surface area contributed by atoms with E-state index in [2.05, 4.69) is 22.2 Å². The maximum Gasteiger partial charge on any atom is 0.326 e. The Bertz CT molecular complexity index is 282. The summed E-state index contributed by atoms with van der Waals surface area (Å²) in [7, 11) is 2.12. The number of piperidine rings is 1. The lowest BCUT2D eigenvalue weighted by atomic mass is 9.85. The Labute approximate surface area is 109 Å². The minimum atomic E-state index is -0.370. The summed E-state index contributed by atoms with van der Waals surface area (Å²) >= 11 is 0. The first-order valence-corrected chi connectivity index (χ1v) is 7.00. The van der Waals surface area contributed by atoms with Crippen LogP contribution in [0.15, 0.2) is 0 Å². The highest BCUT2D eigenvalue weighted by atomic mass is 16.5. The third-order valence-corrected chi connectivity index (χ3v) is 4.19. The van der Waals surface area contributed by atoms with Crippen molar-refractivity contribution in [3.8, 4) is 0 Å². The summed E-state index contributed by atoms with van der Waals surface area (Å²) in [6.45, 7) is 8.14. The zero-order chi connectivity index (χ0) is 13.0. The van der Waals surface area contributed by atoms with Gasteiger partial charge in [-0.15, -0.1) is 0 Å². The van der Waals surface area contributed by atoms with E-state index in [4.69, 9.17) is 4.74 Å². The van der Waals surface area contributed by atoms with Crippen LogP contribution in [0, 0.1) is 0 Å². The first kappa shape index (κ1) is 13.8. The molecular formula is C13H25N3O2. The van der Waals surface area contributed by atoms with Crippen molar-refractivity contribution in [2.45, 2.75) is 25.3 Å². The van der Waals surface area contributed by atoms with E-state index in [1.54, 1.807) is 0 Å². The van der Waals surface area contributed by atoms with Gasteiger partial charge in [-0.25, -0.2) is 0 Å². The van der Waals surface area contributed by atoms with E-state index < -0.39 is 0 Å². The lowest BCUT2D eigenvalue weighted by Crippen LogP contribution is -2.64. The summed E-state index contributed by atoms with van der Waals surface area (Å²) in [4.78, 5) is 17.1. The molecule has 0 saturated carbocycles. The van der Waals surface area contributed by atoms with Gasteiger partial charge in [0.2, 0.25) is 0 Å². The number of hydrogen-bond donors (Lipinski definition) is 1. The Morgan fingerprint density at radius 3 is 2.39 bits per heavy atom. The molecular weight excluding hydrogens is 230 g/mol. The number of ether oxygens (including phenoxy) is 1. The predicted octanol–water partition coefficient (Wildman–Crippen LogP) is -0.0809. The van der Waals surface area contributed by atoms with E-state index in [-0.39, 0.29) is 11.5 Å². The van der Waals surface area contributed by atoms with Crippen LogP contribution in [0.4, 0.5) is 0 Å². The van der Waals surface area contributed by atoms with Crippen LogP contribution in [-0.2, 0) is 9.53 Å². The van der Waals surface area contributed by atoms with Crippen molar-refractivity contribution in [2.24, 2.45) is 0 Å². The van der Waals surface area contributed by atoms with Gasteiger partial charge in [-0.1, -0.05) is 0 Å². The van der Waals surface area contributed by atoms with Gasteiger partial charge in [0.05, 0.1) is 6.61 Å². The van der Waals surface area contributed by atoms with Gasteiger partial charge in [0.15, 0.2) is 0 Å². The van der Waals surface area contributed by atoms with Crippen LogP contribution in [0.2, 0.25) is 0 Å². The van der Waals surface area contributed by atoms with Gasteiger partial charge in [0.1, 0.15) is 5.54 Å². The molecule has 2 heterocycles. The summed E-state index contributed by atoms with van der Waals surface area (Å²) in [5.74, 6) is -0.0139. The molecule has 2 fully saturated rings. The van der Waals surface area contributed by atoms with Crippen molar-refractivity contribution >= 4 is 5.97 Å². The van der Waals surface area contributed by atoms with Gasteiger partial charge in [-0.3, -0.25) is 9.69 Å². The molecule has 1 N–H and O–H groups in total. The number of esters is 1. The molecule has 0 unspecified atom stereocenters. The van der Waals surface area contributed by atoms with E-state index in [1.807, 2.05) is 6.92 Å². The molecule has 0 aromatic heterocycles. The molecule has 5 nitrogen and oxygen atoms in total. The van der Waals surface area contributed by atoms with E-state index in [9.17, 15) is 4.79 Å². The van der Waals surface area contributed by atoms with E-state index in [0.717, 1.165) is 52.1 Å². The fraction of sp³-hybridized carbons (Fsp3) is 0.923. The summed E-state index contributed by atoms with van der Waals surface area (Å²) in [5.41, 5.74) is -0.370. The van der Waals surface area contributed by atoms with Crippen LogP contribution in [0.1, 0.15) is 19.8 Å². The Kier molecular flexibility index (Phi) is 4.59. The second-order valence-electron chi connectivity index (χ2n) is 5.29. The fourth-order valence-electron chi connectivity index (χ4n) is 3.00. The smallest absolute Gasteiger partial charge is 0.326 e. The number of piperazine rings is 1. The minimum absolute atomic E-state index is 0.0139. The molecule has 2 aliphatic heterocycles. The van der Waals surface area contributed by atoms with Gasteiger partial charge >= 0.3 is 5.97 Å². The number of carbonyl (C=O) groups is 1. The first-order valence-electron chi connectivity index (χ1n) is 7.00. The quantitative estimate of drug-likeness (QED) is 0.715. The summed E-state index contributed by atoms with van der Waals surface area (Å²) in [6.07, 6.45) is 1.78. The Balaban J connectivity index is 2.13. The van der Waals surface area contributed by atoms with Gasteiger partial charge in [0, 0.05) is 39.3 Å². The number of hydrogen-bond acceptors (Lipinski definition) is 5. The predicted molar refractivity (Wildman–Crippen MR) is 70.5 cm³/mol. The average molecular weight is 255 g/mol. The van der Waals surface area contributed by atoms with Gasteiger partial charge in [-0.2, -0.15) is 0 Å². The monoisotopic (exact) mass is 255 g/mol. The molecule has 0 aliphatic carbocycles. The molecule has 2 saturated heterocycles. The van der Waals surface area contributed by atoms with Crippen molar-refractivity contribution in [1.29, 1.82) is 0 Å². The van der Waals surface area contributed by atoms with Crippen molar-refractivity contribution in [1.82, 2.24) is 15.1 Å². The molecule has 0 aromatic rings. The largest absolute Gasteiger partial charge is 0.465 e. The highest BCUT2D eigenvalue weighted by Gasteiger charge is 2.47. The van der Waals surface area contributed by atoms with Crippen molar-refractivity contribution in [3.63, 3.8) is 0 Å². The molecule has 2 rings (SSSR count). The van der Waals surface area contributed by atoms with Crippen LogP contribution in [0.5, 0.6) is 0 Å². The van der Waals surface area contributed by atoms with E-state index >= 15 is 0 Å². The van der Waals surface area contributed by atoms with Gasteiger partial charge in [0.25, 0.3) is 0 Å². The van der Waals surface area contributed by atoms with Crippen LogP contribution < -0.4 is 5.32 Å². The topological polar surface area (TPSA) is 44.8 Å². The zero-order valence-corrected chi connectivity index (χ0v) is 11.6. The molecule has 0 radical (unpaired) electrons. The number of nitrogens with zero attached hydrogens (tertiary/aromatic N) is 2. The van der Waals surface area contributed by atoms with Crippen LogP contribution in [0.3, 0.4) is 0 Å². The molecule has 0 bridgehead atoms. The summed E-state index contributed by atoms with van der Waals surface area (Å²) in [5, 5.41) is 3.35. The Hall–Kier alpha value is -0.650. The van der Waals surface area contributed by atoms with Crippen LogP contribution in [0.25, 0.3) is 0 Å². The van der Waals surface area contributed by atoms with E-state index in [0.29, 0.717) is 6.61 Å². The number of rotatable bonds is 3. The highest BCUT2D eigenvalue weighted by Crippen LogP contribution is 2.30. The molecule has 0 atom stereocenters. The normalized spacial score (nSPS) is 25.9. The Morgan fingerprint density at radius 1 is 1.22 bits per heavy atom. The van der Waals surface area contributed by atoms with Crippen LogP contribution >= 0.6 is 0 Å². The third kappa shape index (κ3) is 2.68. The summed E-state index contributed by atoms with van der Waals surface area (Å²) < 4.78 is 5.35. The molecule has 0 aromatic carbocycles. The molecule has 18 heavy (non-hydrogen) atoms. The van der Waals surface area contributed by atoms with Crippen molar-refractivity contribution < 1.29 is 9.53 Å². The number of nitrogens with one attached hydrogen (secondary N) is 1. The first-order chi connectivity index (χ1) is 8.69.